The van der Waals surface area contributed by atoms with Crippen molar-refractivity contribution in [1.82, 2.24) is 0 Å². The van der Waals surface area contributed by atoms with Gasteiger partial charge in [-0.3, -0.25) is 0 Å². The van der Waals surface area contributed by atoms with E-state index in [0.717, 1.165) is 28.1 Å². The van der Waals surface area contributed by atoms with E-state index in [1.54, 1.807) is 12.1 Å². The van der Waals surface area contributed by atoms with Gasteiger partial charge in [-0.05, 0) is 97.3 Å². The topological polar surface area (TPSA) is 3.24 Å². The molecular formula is C33H34FN. The molecule has 0 amide bonds. The minimum Gasteiger partial charge on any atom is -0.336 e. The van der Waals surface area contributed by atoms with Gasteiger partial charge < -0.3 is 4.90 Å². The van der Waals surface area contributed by atoms with E-state index in [9.17, 15) is 0 Å². The van der Waals surface area contributed by atoms with Crippen molar-refractivity contribution < 1.29 is 4.39 Å². The summed E-state index contributed by atoms with van der Waals surface area (Å²) in [5.41, 5.74) is 11.2. The van der Waals surface area contributed by atoms with Gasteiger partial charge in [0.1, 0.15) is 5.82 Å². The van der Waals surface area contributed by atoms with E-state index >= 15 is 4.39 Å². The van der Waals surface area contributed by atoms with Crippen molar-refractivity contribution in [3.8, 4) is 22.3 Å². The van der Waals surface area contributed by atoms with E-state index in [0.29, 0.717) is 0 Å². The molecule has 35 heavy (non-hydrogen) atoms. The lowest BCUT2D eigenvalue weighted by molar-refractivity contribution is 0.555. The van der Waals surface area contributed by atoms with Gasteiger partial charge in [0, 0.05) is 22.3 Å². The molecule has 0 aliphatic heterocycles. The average Bonchev–Trinajstić information content (AvgIpc) is 3.02. The maximum absolute atomic E-state index is 15.1. The zero-order valence-corrected chi connectivity index (χ0v) is 21.8. The number of halogens is 1. The predicted molar refractivity (Wildman–Crippen MR) is 147 cm³/mol. The number of rotatable bonds is 3. The van der Waals surface area contributed by atoms with Crippen LogP contribution in [0.1, 0.15) is 56.9 Å². The van der Waals surface area contributed by atoms with Crippen molar-refractivity contribution in [2.24, 2.45) is 0 Å². The molecule has 0 atom stereocenters. The van der Waals surface area contributed by atoms with Crippen LogP contribution in [0.25, 0.3) is 22.3 Å². The number of fused-ring (bicyclic) bond motifs is 3. The molecule has 0 N–H and O–H groups in total. The fraction of sp³-hybridized carbons (Fsp3) is 0.273. The summed E-state index contributed by atoms with van der Waals surface area (Å²) in [6.45, 7) is 15.5. The monoisotopic (exact) mass is 463 g/mol. The Morgan fingerprint density at radius 3 is 2.03 bits per heavy atom. The van der Waals surface area contributed by atoms with Crippen LogP contribution in [0.5, 0.6) is 0 Å². The van der Waals surface area contributed by atoms with Gasteiger partial charge in [-0.15, -0.1) is 0 Å². The Hall–Kier alpha value is -3.39. The molecule has 0 unspecified atom stereocenters. The maximum atomic E-state index is 15.1. The molecule has 0 spiro atoms. The van der Waals surface area contributed by atoms with Crippen LogP contribution >= 0.6 is 0 Å². The summed E-state index contributed by atoms with van der Waals surface area (Å²) < 4.78 is 15.1. The van der Waals surface area contributed by atoms with Crippen LogP contribution in [0.2, 0.25) is 0 Å². The van der Waals surface area contributed by atoms with Crippen LogP contribution in [0.15, 0.2) is 78.9 Å². The van der Waals surface area contributed by atoms with Crippen LogP contribution in [0.3, 0.4) is 0 Å². The van der Waals surface area contributed by atoms with Gasteiger partial charge in [-0.25, -0.2) is 4.39 Å². The van der Waals surface area contributed by atoms with E-state index < -0.39 is 0 Å². The molecule has 1 nitrogen and oxygen atoms in total. The zero-order valence-electron chi connectivity index (χ0n) is 21.8. The van der Waals surface area contributed by atoms with Crippen molar-refractivity contribution in [3.05, 3.63) is 107 Å². The molecule has 0 heterocycles. The van der Waals surface area contributed by atoms with Crippen molar-refractivity contribution in [3.63, 3.8) is 0 Å². The molecule has 2 heteroatoms. The first-order valence-corrected chi connectivity index (χ1v) is 12.4. The number of nitrogens with zero attached hydrogens (tertiary/aromatic N) is 1. The van der Waals surface area contributed by atoms with E-state index in [4.69, 9.17) is 0 Å². The Labute approximate surface area is 209 Å². The van der Waals surface area contributed by atoms with Gasteiger partial charge in [0.05, 0.1) is 0 Å². The third-order valence-electron chi connectivity index (χ3n) is 7.48. The molecule has 0 bridgehead atoms. The van der Waals surface area contributed by atoms with Crippen molar-refractivity contribution in [2.75, 3.05) is 4.90 Å². The third kappa shape index (κ3) is 3.76. The van der Waals surface area contributed by atoms with Crippen LogP contribution in [-0.4, -0.2) is 5.54 Å². The van der Waals surface area contributed by atoms with Crippen molar-refractivity contribution in [1.29, 1.82) is 0 Å². The molecule has 1 aliphatic carbocycles. The summed E-state index contributed by atoms with van der Waals surface area (Å²) in [6.07, 6.45) is 0. The Morgan fingerprint density at radius 1 is 0.686 bits per heavy atom. The minimum atomic E-state index is -0.265. The molecule has 0 saturated carbocycles. The van der Waals surface area contributed by atoms with E-state index in [-0.39, 0.29) is 16.8 Å². The highest BCUT2D eigenvalue weighted by Crippen LogP contribution is 2.51. The summed E-state index contributed by atoms with van der Waals surface area (Å²) in [5, 5.41) is 0. The SMILES string of the molecule is Cc1cc2c(cc1N(c1cc(F)cc(-c3ccccc3)c1C)C(C)(C)C)-c1ccccc1C2(C)C. The Kier molecular flexibility index (Phi) is 5.40. The highest BCUT2D eigenvalue weighted by Gasteiger charge is 2.37. The number of anilines is 2. The summed E-state index contributed by atoms with van der Waals surface area (Å²) >= 11 is 0. The normalized spacial score (nSPS) is 13.9. The first kappa shape index (κ1) is 23.4. The molecule has 5 rings (SSSR count). The molecular weight excluding hydrogens is 429 g/mol. The van der Waals surface area contributed by atoms with Gasteiger partial charge >= 0.3 is 0 Å². The highest BCUT2D eigenvalue weighted by atomic mass is 19.1. The molecule has 4 aromatic rings. The fourth-order valence-electron chi connectivity index (χ4n) is 5.75. The summed E-state index contributed by atoms with van der Waals surface area (Å²) in [6, 6.07) is 26.8. The lowest BCUT2D eigenvalue weighted by Gasteiger charge is -2.40. The number of hydrogen-bond acceptors (Lipinski definition) is 1. The lowest BCUT2D eigenvalue weighted by Crippen LogP contribution is -2.38. The third-order valence-corrected chi connectivity index (χ3v) is 7.48. The van der Waals surface area contributed by atoms with E-state index in [2.05, 4.69) is 89.8 Å². The van der Waals surface area contributed by atoms with Crippen LogP contribution in [0.4, 0.5) is 15.8 Å². The highest BCUT2D eigenvalue weighted by molar-refractivity contribution is 5.87. The fourth-order valence-corrected chi connectivity index (χ4v) is 5.75. The largest absolute Gasteiger partial charge is 0.336 e. The smallest absolute Gasteiger partial charge is 0.125 e. The molecule has 4 aromatic carbocycles. The second-order valence-electron chi connectivity index (χ2n) is 11.3. The van der Waals surface area contributed by atoms with Crippen molar-refractivity contribution in [2.45, 2.75) is 59.4 Å². The number of hydrogen-bond donors (Lipinski definition) is 0. The van der Waals surface area contributed by atoms with Gasteiger partial charge in [0.2, 0.25) is 0 Å². The summed E-state index contributed by atoms with van der Waals surface area (Å²) in [5.74, 6) is -0.219. The standard InChI is InChI=1S/C33H34FN/c1-21-17-29-27(25-15-11-12-16-28(25)33(29,6)7)20-30(21)35(32(3,4)5)31-19-24(34)18-26(22(31)2)23-13-9-8-10-14-23/h8-20H,1-7H3. The average molecular weight is 464 g/mol. The molecule has 1 aliphatic rings. The van der Waals surface area contributed by atoms with Crippen LogP contribution in [-0.2, 0) is 5.41 Å². The van der Waals surface area contributed by atoms with Gasteiger partial charge in [-0.1, -0.05) is 74.5 Å². The predicted octanol–water partition coefficient (Wildman–Crippen LogP) is 9.35. The number of aryl methyl sites for hydroxylation is 1. The lowest BCUT2D eigenvalue weighted by atomic mass is 9.82. The first-order chi connectivity index (χ1) is 16.5. The molecule has 0 saturated heterocycles. The van der Waals surface area contributed by atoms with Gasteiger partial charge in [0.25, 0.3) is 0 Å². The molecule has 0 fully saturated rings. The van der Waals surface area contributed by atoms with Crippen molar-refractivity contribution >= 4 is 11.4 Å². The minimum absolute atomic E-state index is 0.0446. The Balaban J connectivity index is 1.76. The van der Waals surface area contributed by atoms with Crippen LogP contribution < -0.4 is 4.90 Å². The number of benzene rings is 4. The van der Waals surface area contributed by atoms with Gasteiger partial charge in [0.15, 0.2) is 0 Å². The molecule has 0 radical (unpaired) electrons. The Morgan fingerprint density at radius 2 is 1.34 bits per heavy atom. The quantitative estimate of drug-likeness (QED) is 0.292. The first-order valence-electron chi connectivity index (χ1n) is 12.4. The maximum Gasteiger partial charge on any atom is 0.125 e. The summed E-state index contributed by atoms with van der Waals surface area (Å²) in [4.78, 5) is 2.32. The second-order valence-corrected chi connectivity index (χ2v) is 11.3. The van der Waals surface area contributed by atoms with E-state index in [1.807, 2.05) is 30.3 Å². The van der Waals surface area contributed by atoms with E-state index in [1.165, 1.54) is 27.8 Å². The zero-order chi connectivity index (χ0) is 25.1. The van der Waals surface area contributed by atoms with Gasteiger partial charge in [-0.2, -0.15) is 0 Å². The second kappa shape index (κ2) is 8.09. The molecule has 0 aromatic heterocycles. The van der Waals surface area contributed by atoms with Crippen LogP contribution in [0, 0.1) is 19.7 Å². The Bertz CT molecular complexity index is 1420. The summed E-state index contributed by atoms with van der Waals surface area (Å²) in [7, 11) is 0. The molecule has 178 valence electrons.